The maximum absolute atomic E-state index is 12.6. The van der Waals surface area contributed by atoms with Gasteiger partial charge in [0.05, 0.1) is 0 Å². The maximum Gasteiger partial charge on any atom is 0.311 e. The van der Waals surface area contributed by atoms with Crippen molar-refractivity contribution in [2.75, 3.05) is 0 Å². The van der Waals surface area contributed by atoms with E-state index in [1.54, 1.807) is 5.56 Å². The second kappa shape index (κ2) is 16.0. The molecule has 2 heteroatoms. The summed E-state index contributed by atoms with van der Waals surface area (Å²) in [5.74, 6) is 2.71. The Morgan fingerprint density at radius 1 is 0.919 bits per heavy atom. The van der Waals surface area contributed by atoms with E-state index in [9.17, 15) is 4.79 Å². The molecule has 204 valence electrons. The van der Waals surface area contributed by atoms with Gasteiger partial charge < -0.3 is 4.74 Å². The van der Waals surface area contributed by atoms with Gasteiger partial charge in [-0.1, -0.05) is 109 Å². The summed E-state index contributed by atoms with van der Waals surface area (Å²) < 4.78 is 5.83. The topological polar surface area (TPSA) is 26.3 Å². The molecule has 1 aliphatic rings. The van der Waals surface area contributed by atoms with Crippen molar-refractivity contribution in [3.8, 4) is 5.75 Å². The molecule has 1 fully saturated rings. The largest absolute Gasteiger partial charge is 0.426 e. The third-order valence-electron chi connectivity index (χ3n) is 8.53. The lowest BCUT2D eigenvalue weighted by Crippen LogP contribution is -2.14. The first kappa shape index (κ1) is 29.5. The summed E-state index contributed by atoms with van der Waals surface area (Å²) in [5.41, 5.74) is 5.51. The van der Waals surface area contributed by atoms with E-state index in [4.69, 9.17) is 4.74 Å². The van der Waals surface area contributed by atoms with Crippen molar-refractivity contribution in [3.63, 3.8) is 0 Å². The summed E-state index contributed by atoms with van der Waals surface area (Å²) in [6.07, 6.45) is 18.2. The highest BCUT2D eigenvalue weighted by Gasteiger charge is 2.23. The van der Waals surface area contributed by atoms with Crippen LogP contribution in [0.2, 0.25) is 0 Å². The molecule has 1 saturated carbocycles. The van der Waals surface area contributed by atoms with Gasteiger partial charge in [-0.05, 0) is 91.5 Å². The average Bonchev–Trinajstić information content (AvgIpc) is 2.89. The Morgan fingerprint density at radius 3 is 2.38 bits per heavy atom. The molecule has 0 bridgehead atoms. The minimum absolute atomic E-state index is 0.100. The normalized spacial score (nSPS) is 18.5. The molecule has 0 aliphatic heterocycles. The fourth-order valence-electron chi connectivity index (χ4n) is 6.18. The van der Waals surface area contributed by atoms with Crippen molar-refractivity contribution in [3.05, 3.63) is 64.7 Å². The Kier molecular flexibility index (Phi) is 12.7. The van der Waals surface area contributed by atoms with Crippen LogP contribution >= 0.6 is 0 Å². The number of para-hydroxylation sites is 1. The van der Waals surface area contributed by atoms with Gasteiger partial charge in [-0.15, -0.1) is 0 Å². The van der Waals surface area contributed by atoms with Crippen molar-refractivity contribution in [1.82, 2.24) is 0 Å². The zero-order chi connectivity index (χ0) is 26.5. The predicted octanol–water partition coefficient (Wildman–Crippen LogP) is 10.1. The van der Waals surface area contributed by atoms with Crippen molar-refractivity contribution in [2.24, 2.45) is 11.8 Å². The number of hydrogen-bond donors (Lipinski definition) is 0. The smallest absolute Gasteiger partial charge is 0.311 e. The maximum atomic E-state index is 12.6. The van der Waals surface area contributed by atoms with Crippen LogP contribution in [-0.4, -0.2) is 5.97 Å². The van der Waals surface area contributed by atoms with Gasteiger partial charge in [-0.3, -0.25) is 4.79 Å². The van der Waals surface area contributed by atoms with Gasteiger partial charge in [0.2, 0.25) is 0 Å². The molecule has 37 heavy (non-hydrogen) atoms. The van der Waals surface area contributed by atoms with Crippen LogP contribution < -0.4 is 4.74 Å². The minimum Gasteiger partial charge on any atom is -0.426 e. The minimum atomic E-state index is -0.100. The quantitative estimate of drug-likeness (QED) is 0.137. The van der Waals surface area contributed by atoms with E-state index in [1.165, 1.54) is 81.8 Å². The molecule has 2 aromatic rings. The highest BCUT2D eigenvalue weighted by atomic mass is 16.5. The number of unbranched alkanes of at least 4 members (excludes halogenated alkanes) is 4. The predicted molar refractivity (Wildman–Crippen MR) is 157 cm³/mol. The van der Waals surface area contributed by atoms with Crippen LogP contribution in [0.3, 0.4) is 0 Å². The van der Waals surface area contributed by atoms with E-state index >= 15 is 0 Å². The number of rotatable bonds is 15. The molecule has 0 amide bonds. The zero-order valence-corrected chi connectivity index (χ0v) is 24.2. The van der Waals surface area contributed by atoms with Crippen LogP contribution in [0.5, 0.6) is 5.75 Å². The summed E-state index contributed by atoms with van der Waals surface area (Å²) in [4.78, 5) is 12.6. The van der Waals surface area contributed by atoms with Gasteiger partial charge in [0.15, 0.2) is 0 Å². The van der Waals surface area contributed by atoms with E-state index < -0.39 is 0 Å². The summed E-state index contributed by atoms with van der Waals surface area (Å²) in [5, 5.41) is 0. The molecule has 1 unspecified atom stereocenters. The number of ether oxygens (including phenoxy) is 1. The van der Waals surface area contributed by atoms with Gasteiger partial charge in [0.25, 0.3) is 0 Å². The molecule has 0 saturated heterocycles. The Labute approximate surface area is 227 Å². The lowest BCUT2D eigenvalue weighted by Gasteiger charge is -2.30. The SMILES string of the molecule is CCCCCC(C)CC(=O)Oc1ccccc1CCc1ccc(C2CCC(CCCCC)CC2)c(C)c1. The molecule has 2 aromatic carbocycles. The number of carbonyl (C=O) groups excluding carboxylic acids is 1. The lowest BCUT2D eigenvalue weighted by molar-refractivity contribution is -0.135. The Morgan fingerprint density at radius 2 is 1.65 bits per heavy atom. The van der Waals surface area contributed by atoms with E-state index in [2.05, 4.69) is 52.0 Å². The first-order valence-corrected chi connectivity index (χ1v) is 15.4. The Balaban J connectivity index is 1.50. The van der Waals surface area contributed by atoms with E-state index in [0.29, 0.717) is 12.3 Å². The summed E-state index contributed by atoms with van der Waals surface area (Å²) >= 11 is 0. The molecular formula is C35H52O2. The van der Waals surface area contributed by atoms with Gasteiger partial charge in [-0.25, -0.2) is 0 Å². The standard InChI is InChI=1S/C35H52O2/c1-5-7-9-13-27(3)25-35(36)37-34-16-12-11-15-32(34)23-19-30-20-24-33(28(4)26-30)31-21-17-29(18-22-31)14-10-8-6-2/h11-12,15-16,20,24,26-27,29,31H,5-10,13-14,17-19,21-23,25H2,1-4H3. The molecule has 2 nitrogen and oxygen atoms in total. The van der Waals surface area contributed by atoms with Crippen LogP contribution in [0.25, 0.3) is 0 Å². The third-order valence-corrected chi connectivity index (χ3v) is 8.53. The highest BCUT2D eigenvalue weighted by Crippen LogP contribution is 2.39. The monoisotopic (exact) mass is 504 g/mol. The van der Waals surface area contributed by atoms with E-state index in [-0.39, 0.29) is 5.97 Å². The lowest BCUT2D eigenvalue weighted by atomic mass is 9.76. The van der Waals surface area contributed by atoms with Crippen LogP contribution in [0.1, 0.15) is 132 Å². The van der Waals surface area contributed by atoms with Crippen LogP contribution in [0, 0.1) is 18.8 Å². The zero-order valence-electron chi connectivity index (χ0n) is 24.2. The number of carbonyl (C=O) groups is 1. The molecule has 0 aromatic heterocycles. The summed E-state index contributed by atoms with van der Waals surface area (Å²) in [7, 11) is 0. The van der Waals surface area contributed by atoms with Crippen molar-refractivity contribution >= 4 is 5.97 Å². The molecule has 1 aliphatic carbocycles. The van der Waals surface area contributed by atoms with Crippen molar-refractivity contribution in [2.45, 2.75) is 130 Å². The molecule has 0 heterocycles. The van der Waals surface area contributed by atoms with Crippen LogP contribution in [-0.2, 0) is 17.6 Å². The number of benzene rings is 2. The Hall–Kier alpha value is -2.09. The molecule has 0 N–H and O–H groups in total. The van der Waals surface area contributed by atoms with E-state index in [0.717, 1.165) is 42.4 Å². The Bertz CT molecular complexity index is 938. The number of aryl methyl sites for hydroxylation is 3. The third kappa shape index (κ3) is 9.95. The summed E-state index contributed by atoms with van der Waals surface area (Å²) in [6.45, 7) is 8.97. The summed E-state index contributed by atoms with van der Waals surface area (Å²) in [6, 6.07) is 15.2. The van der Waals surface area contributed by atoms with Crippen LogP contribution in [0.4, 0.5) is 0 Å². The fraction of sp³-hybridized carbons (Fsp3) is 0.629. The molecule has 1 atom stereocenters. The number of esters is 1. The molecule has 0 spiro atoms. The second-order valence-electron chi connectivity index (χ2n) is 11.8. The molecule has 0 radical (unpaired) electrons. The van der Waals surface area contributed by atoms with Gasteiger partial charge >= 0.3 is 5.97 Å². The van der Waals surface area contributed by atoms with Gasteiger partial charge in [0, 0.05) is 6.42 Å². The van der Waals surface area contributed by atoms with Crippen LogP contribution in [0.15, 0.2) is 42.5 Å². The van der Waals surface area contributed by atoms with Gasteiger partial charge in [0.1, 0.15) is 5.75 Å². The highest BCUT2D eigenvalue weighted by molar-refractivity contribution is 5.73. The van der Waals surface area contributed by atoms with Crippen molar-refractivity contribution in [1.29, 1.82) is 0 Å². The second-order valence-corrected chi connectivity index (χ2v) is 11.8. The first-order chi connectivity index (χ1) is 18.0. The average molecular weight is 505 g/mol. The molecule has 3 rings (SSSR count). The fourth-order valence-corrected chi connectivity index (χ4v) is 6.18. The molecular weight excluding hydrogens is 452 g/mol. The number of hydrogen-bond acceptors (Lipinski definition) is 2. The van der Waals surface area contributed by atoms with E-state index in [1.807, 2.05) is 18.2 Å². The van der Waals surface area contributed by atoms with Gasteiger partial charge in [-0.2, -0.15) is 0 Å². The van der Waals surface area contributed by atoms with Crippen molar-refractivity contribution < 1.29 is 9.53 Å². The first-order valence-electron chi connectivity index (χ1n) is 15.4.